The van der Waals surface area contributed by atoms with Crippen LogP contribution in [0.15, 0.2) is 78.9 Å². The zero-order valence-electron chi connectivity index (χ0n) is 12.0. The second-order valence-corrected chi connectivity index (χ2v) is 5.32. The lowest BCUT2D eigenvalue weighted by atomic mass is 9.92. The summed E-state index contributed by atoms with van der Waals surface area (Å²) in [6.07, 6.45) is 8.56. The lowest BCUT2D eigenvalue weighted by molar-refractivity contribution is 1.04. The van der Waals surface area contributed by atoms with Crippen molar-refractivity contribution in [2.45, 2.75) is 12.8 Å². The summed E-state index contributed by atoms with van der Waals surface area (Å²) in [6, 6.07) is 16.7. The van der Waals surface area contributed by atoms with Crippen LogP contribution in [0.3, 0.4) is 0 Å². The van der Waals surface area contributed by atoms with E-state index in [1.54, 1.807) is 0 Å². The molecule has 0 heterocycles. The molecule has 3 rings (SSSR count). The van der Waals surface area contributed by atoms with Gasteiger partial charge in [-0.1, -0.05) is 55.1 Å². The minimum atomic E-state index is 0.797. The number of hydrogen-bond donors (Lipinski definition) is 1. The van der Waals surface area contributed by atoms with Crippen molar-refractivity contribution < 1.29 is 0 Å². The topological polar surface area (TPSA) is 26.0 Å². The summed E-state index contributed by atoms with van der Waals surface area (Å²) in [7, 11) is 0. The number of benzene rings is 2. The van der Waals surface area contributed by atoms with E-state index in [0.29, 0.717) is 0 Å². The van der Waals surface area contributed by atoms with Crippen LogP contribution in [0.1, 0.15) is 18.4 Å². The van der Waals surface area contributed by atoms with Gasteiger partial charge < -0.3 is 5.73 Å². The maximum absolute atomic E-state index is 5.76. The fourth-order valence-electron chi connectivity index (χ4n) is 2.67. The molecule has 0 aliphatic heterocycles. The van der Waals surface area contributed by atoms with E-state index in [0.717, 1.165) is 18.5 Å². The van der Waals surface area contributed by atoms with E-state index in [1.165, 1.54) is 27.8 Å². The summed E-state index contributed by atoms with van der Waals surface area (Å²) in [4.78, 5) is 0. The van der Waals surface area contributed by atoms with E-state index in [4.69, 9.17) is 5.73 Å². The van der Waals surface area contributed by atoms with Crippen molar-refractivity contribution in [3.63, 3.8) is 0 Å². The van der Waals surface area contributed by atoms with Crippen LogP contribution in [0.2, 0.25) is 0 Å². The largest absolute Gasteiger partial charge is 0.399 e. The molecule has 104 valence electrons. The fourth-order valence-corrected chi connectivity index (χ4v) is 2.67. The van der Waals surface area contributed by atoms with Crippen molar-refractivity contribution in [3.8, 4) is 11.1 Å². The smallest absolute Gasteiger partial charge is 0.0314 e. The average Bonchev–Trinajstić information content (AvgIpc) is 2.56. The molecule has 1 aliphatic carbocycles. The molecular weight excluding hydrogens is 254 g/mol. The molecule has 0 unspecified atom stereocenters. The molecule has 0 amide bonds. The van der Waals surface area contributed by atoms with Crippen molar-refractivity contribution in [2.75, 3.05) is 5.73 Å². The van der Waals surface area contributed by atoms with Gasteiger partial charge in [0.2, 0.25) is 0 Å². The summed E-state index contributed by atoms with van der Waals surface area (Å²) < 4.78 is 0. The Bertz CT molecular complexity index is 718. The number of nitrogens with two attached hydrogens (primary N) is 1. The third-order valence-electron chi connectivity index (χ3n) is 3.85. The Labute approximate surface area is 126 Å². The molecule has 0 fully saturated rings. The highest BCUT2D eigenvalue weighted by atomic mass is 14.5. The minimum Gasteiger partial charge on any atom is -0.399 e. The van der Waals surface area contributed by atoms with Crippen LogP contribution >= 0.6 is 0 Å². The maximum atomic E-state index is 5.76. The van der Waals surface area contributed by atoms with E-state index in [9.17, 15) is 0 Å². The minimum absolute atomic E-state index is 0.797. The van der Waals surface area contributed by atoms with Gasteiger partial charge in [-0.2, -0.15) is 0 Å². The molecule has 0 aromatic heterocycles. The van der Waals surface area contributed by atoms with Gasteiger partial charge in [0.05, 0.1) is 0 Å². The molecule has 0 atom stereocenters. The summed E-state index contributed by atoms with van der Waals surface area (Å²) in [5, 5.41) is 0. The number of allylic oxidation sites excluding steroid dienone is 5. The highest BCUT2D eigenvalue weighted by Crippen LogP contribution is 2.30. The van der Waals surface area contributed by atoms with Gasteiger partial charge in [-0.25, -0.2) is 0 Å². The van der Waals surface area contributed by atoms with Crippen molar-refractivity contribution in [3.05, 3.63) is 84.5 Å². The quantitative estimate of drug-likeness (QED) is 0.762. The van der Waals surface area contributed by atoms with E-state index >= 15 is 0 Å². The van der Waals surface area contributed by atoms with Crippen molar-refractivity contribution in [1.82, 2.24) is 0 Å². The Hall–Kier alpha value is -2.54. The Balaban J connectivity index is 1.97. The molecule has 0 spiro atoms. The third-order valence-corrected chi connectivity index (χ3v) is 3.85. The first-order chi connectivity index (χ1) is 10.3. The van der Waals surface area contributed by atoms with E-state index in [1.807, 2.05) is 18.2 Å². The first kappa shape index (κ1) is 13.4. The standard InChI is InChI=1S/C20H19N/c1-2-15-5-3-6-17(13-15)19-8-4-7-18(14-19)16-9-11-20(21)12-10-16/h2,4-5,7-14H,1,3,6,21H2. The van der Waals surface area contributed by atoms with Gasteiger partial charge in [0.1, 0.15) is 0 Å². The Morgan fingerprint density at radius 2 is 1.71 bits per heavy atom. The molecule has 1 nitrogen and oxygen atoms in total. The average molecular weight is 273 g/mol. The van der Waals surface area contributed by atoms with Crippen LogP contribution in [-0.4, -0.2) is 0 Å². The van der Waals surface area contributed by atoms with Crippen LogP contribution in [0, 0.1) is 0 Å². The van der Waals surface area contributed by atoms with Gasteiger partial charge in [0.25, 0.3) is 0 Å². The molecule has 1 heteroatoms. The molecule has 2 N–H and O–H groups in total. The second-order valence-electron chi connectivity index (χ2n) is 5.32. The Morgan fingerprint density at radius 1 is 0.952 bits per heavy atom. The number of nitrogen functional groups attached to an aromatic ring is 1. The third kappa shape index (κ3) is 2.97. The SMILES string of the molecule is C=CC1=CCCC(c2cccc(-c3ccc(N)cc3)c2)=C1. The van der Waals surface area contributed by atoms with Crippen molar-refractivity contribution >= 4 is 11.3 Å². The zero-order chi connectivity index (χ0) is 14.7. The van der Waals surface area contributed by atoms with E-state index < -0.39 is 0 Å². The summed E-state index contributed by atoms with van der Waals surface area (Å²) in [6.45, 7) is 3.86. The molecule has 21 heavy (non-hydrogen) atoms. The van der Waals surface area contributed by atoms with Crippen LogP contribution in [0.4, 0.5) is 5.69 Å². The van der Waals surface area contributed by atoms with Gasteiger partial charge in [-0.15, -0.1) is 0 Å². The van der Waals surface area contributed by atoms with Crippen LogP contribution < -0.4 is 5.73 Å². The fraction of sp³-hybridized carbons (Fsp3) is 0.100. The maximum Gasteiger partial charge on any atom is 0.0314 e. The highest BCUT2D eigenvalue weighted by Gasteiger charge is 2.07. The lowest BCUT2D eigenvalue weighted by Gasteiger charge is -2.13. The lowest BCUT2D eigenvalue weighted by Crippen LogP contribution is -1.92. The molecule has 0 saturated heterocycles. The highest BCUT2D eigenvalue weighted by molar-refractivity contribution is 5.75. The van der Waals surface area contributed by atoms with Crippen LogP contribution in [0.5, 0.6) is 0 Å². The normalized spacial score (nSPS) is 14.3. The summed E-state index contributed by atoms with van der Waals surface area (Å²) in [5.74, 6) is 0. The molecule has 1 aliphatic rings. The van der Waals surface area contributed by atoms with Crippen molar-refractivity contribution in [2.24, 2.45) is 0 Å². The number of hydrogen-bond acceptors (Lipinski definition) is 1. The van der Waals surface area contributed by atoms with Gasteiger partial charge in [-0.3, -0.25) is 0 Å². The molecule has 0 radical (unpaired) electrons. The molecular formula is C20H19N. The van der Waals surface area contributed by atoms with Crippen LogP contribution in [-0.2, 0) is 0 Å². The summed E-state index contributed by atoms with van der Waals surface area (Å²) >= 11 is 0. The number of anilines is 1. The predicted molar refractivity (Wildman–Crippen MR) is 91.8 cm³/mol. The predicted octanol–water partition coefficient (Wildman–Crippen LogP) is 5.23. The molecule has 2 aromatic carbocycles. The molecule has 0 bridgehead atoms. The van der Waals surface area contributed by atoms with E-state index in [2.05, 4.69) is 55.1 Å². The van der Waals surface area contributed by atoms with Gasteiger partial charge in [0, 0.05) is 5.69 Å². The van der Waals surface area contributed by atoms with E-state index in [-0.39, 0.29) is 0 Å². The van der Waals surface area contributed by atoms with Crippen molar-refractivity contribution in [1.29, 1.82) is 0 Å². The molecule has 0 saturated carbocycles. The first-order valence-corrected chi connectivity index (χ1v) is 7.26. The van der Waals surface area contributed by atoms with Gasteiger partial charge in [0.15, 0.2) is 0 Å². The van der Waals surface area contributed by atoms with Gasteiger partial charge >= 0.3 is 0 Å². The zero-order valence-corrected chi connectivity index (χ0v) is 12.0. The monoisotopic (exact) mass is 273 g/mol. The molecule has 2 aromatic rings. The first-order valence-electron chi connectivity index (χ1n) is 7.26. The Morgan fingerprint density at radius 3 is 2.48 bits per heavy atom. The second kappa shape index (κ2) is 5.84. The van der Waals surface area contributed by atoms with Gasteiger partial charge in [-0.05, 0) is 58.9 Å². The number of rotatable bonds is 3. The van der Waals surface area contributed by atoms with Crippen LogP contribution in [0.25, 0.3) is 16.7 Å². The Kier molecular flexibility index (Phi) is 3.74. The summed E-state index contributed by atoms with van der Waals surface area (Å²) in [5.41, 5.74) is 12.9.